The van der Waals surface area contributed by atoms with E-state index < -0.39 is 0 Å². The Bertz CT molecular complexity index is 493. The van der Waals surface area contributed by atoms with Crippen LogP contribution in [0.3, 0.4) is 0 Å². The quantitative estimate of drug-likeness (QED) is 0.530. The molecular formula is C21H26O2SiZr. The molecule has 130 valence electrons. The van der Waals surface area contributed by atoms with E-state index in [1.54, 1.807) is 13.8 Å². The first-order chi connectivity index (χ1) is 11.8. The first kappa shape index (κ1) is 26.2. The molecule has 2 aromatic carbocycles. The Labute approximate surface area is 174 Å². The molecule has 1 aliphatic carbocycles. The van der Waals surface area contributed by atoms with Gasteiger partial charge in [-0.25, -0.2) is 12.2 Å². The fourth-order valence-electron chi connectivity index (χ4n) is 1.63. The summed E-state index contributed by atoms with van der Waals surface area (Å²) < 4.78 is 0. The normalized spacial score (nSPS) is 10.1. The van der Waals surface area contributed by atoms with E-state index >= 15 is 0 Å². The summed E-state index contributed by atoms with van der Waals surface area (Å²) >= 11 is 0. The molecule has 0 atom stereocenters. The van der Waals surface area contributed by atoms with E-state index in [1.807, 2.05) is 12.2 Å². The second-order valence-corrected chi connectivity index (χ2v) is 6.17. The summed E-state index contributed by atoms with van der Waals surface area (Å²) in [6.07, 6.45) is 10.0. The van der Waals surface area contributed by atoms with Gasteiger partial charge in [0.25, 0.3) is 0 Å². The SMILES string of the molecule is CC[O-].CC[O-].[C-]1=CC=CC1.[Zr+3].c1ccc([SiH]c2ccccc2)cc1. The van der Waals surface area contributed by atoms with Gasteiger partial charge >= 0.3 is 26.2 Å². The number of allylic oxidation sites excluding steroid dienone is 4. The van der Waals surface area contributed by atoms with Gasteiger partial charge in [-0.1, -0.05) is 84.9 Å². The molecule has 3 rings (SSSR count). The Morgan fingerprint density at radius 1 is 0.840 bits per heavy atom. The van der Waals surface area contributed by atoms with Gasteiger partial charge in [-0.2, -0.15) is 6.08 Å². The zero-order valence-corrected chi connectivity index (χ0v) is 18.6. The minimum Gasteiger partial charge on any atom is -0.855 e. The molecule has 0 N–H and O–H groups in total. The summed E-state index contributed by atoms with van der Waals surface area (Å²) in [5, 5.41) is 20.8. The van der Waals surface area contributed by atoms with Crippen molar-refractivity contribution in [2.45, 2.75) is 20.3 Å². The molecule has 2 radical (unpaired) electrons. The average Bonchev–Trinajstić information content (AvgIpc) is 3.18. The van der Waals surface area contributed by atoms with Gasteiger partial charge in [0.2, 0.25) is 0 Å². The third-order valence-electron chi connectivity index (χ3n) is 2.52. The van der Waals surface area contributed by atoms with Crippen molar-refractivity contribution >= 4 is 19.9 Å². The summed E-state index contributed by atoms with van der Waals surface area (Å²) in [6.45, 7) is 3.14. The molecule has 25 heavy (non-hydrogen) atoms. The van der Waals surface area contributed by atoms with Crippen molar-refractivity contribution in [3.8, 4) is 0 Å². The molecule has 0 aromatic heterocycles. The molecular weight excluding hydrogens is 404 g/mol. The Hall–Kier alpha value is -1.06. The van der Waals surface area contributed by atoms with Gasteiger partial charge < -0.3 is 10.2 Å². The summed E-state index contributed by atoms with van der Waals surface area (Å²) in [7, 11) is 0.271. The molecule has 0 saturated carbocycles. The Morgan fingerprint density at radius 3 is 1.48 bits per heavy atom. The maximum absolute atomic E-state index is 8.93. The Morgan fingerprint density at radius 2 is 1.24 bits per heavy atom. The van der Waals surface area contributed by atoms with E-state index in [0.29, 0.717) is 0 Å². The van der Waals surface area contributed by atoms with Crippen LogP contribution in [0.25, 0.3) is 0 Å². The Kier molecular flexibility index (Phi) is 22.0. The van der Waals surface area contributed by atoms with Crippen molar-refractivity contribution in [2.75, 3.05) is 13.2 Å². The number of hydrogen-bond donors (Lipinski definition) is 0. The van der Waals surface area contributed by atoms with Crippen LogP contribution < -0.4 is 20.6 Å². The largest absolute Gasteiger partial charge is 3.00 e. The zero-order chi connectivity index (χ0) is 17.9. The number of benzene rings is 2. The average molecular weight is 430 g/mol. The fraction of sp³-hybridized carbons (Fsp3) is 0.238. The van der Waals surface area contributed by atoms with Crippen molar-refractivity contribution in [1.29, 1.82) is 0 Å². The molecule has 0 bridgehead atoms. The molecule has 0 saturated heterocycles. The van der Waals surface area contributed by atoms with Gasteiger partial charge in [-0.3, -0.25) is 6.08 Å². The van der Waals surface area contributed by atoms with E-state index in [0.717, 1.165) is 6.42 Å². The fourth-order valence-corrected chi connectivity index (χ4v) is 2.85. The molecule has 0 unspecified atom stereocenters. The van der Waals surface area contributed by atoms with Crippen LogP contribution in [-0.4, -0.2) is 22.7 Å². The van der Waals surface area contributed by atoms with Gasteiger partial charge in [-0.15, -0.1) is 19.6 Å². The van der Waals surface area contributed by atoms with Crippen LogP contribution in [0.2, 0.25) is 0 Å². The van der Waals surface area contributed by atoms with Crippen LogP contribution in [-0.2, 0) is 26.2 Å². The van der Waals surface area contributed by atoms with Gasteiger partial charge in [0.15, 0.2) is 0 Å². The number of rotatable bonds is 2. The molecule has 0 amide bonds. The number of hydrogen-bond acceptors (Lipinski definition) is 2. The van der Waals surface area contributed by atoms with Crippen molar-refractivity contribution in [3.05, 3.63) is 85.0 Å². The predicted molar refractivity (Wildman–Crippen MR) is 102 cm³/mol. The molecule has 0 aliphatic heterocycles. The van der Waals surface area contributed by atoms with Crippen molar-refractivity contribution in [3.63, 3.8) is 0 Å². The molecule has 0 heterocycles. The van der Waals surface area contributed by atoms with Gasteiger partial charge in [0.1, 0.15) is 9.52 Å². The van der Waals surface area contributed by atoms with Crippen molar-refractivity contribution in [2.24, 2.45) is 0 Å². The van der Waals surface area contributed by atoms with E-state index in [1.165, 1.54) is 10.4 Å². The molecule has 4 heteroatoms. The standard InChI is InChI=1S/C12H11Si.C5H5.2C2H5O.Zr/c1-3-7-11(8-4-1)13-12-9-5-2-6-10-12;1-2-4-5-3-1;2*1-2-3;/h1-10,13H;1-3H,4H2;2*2H2,1H3;/q;3*-1;+3. The van der Waals surface area contributed by atoms with E-state index in [9.17, 15) is 0 Å². The van der Waals surface area contributed by atoms with E-state index in [4.69, 9.17) is 10.2 Å². The van der Waals surface area contributed by atoms with Gasteiger partial charge in [-0.05, 0) is 0 Å². The summed E-state index contributed by atoms with van der Waals surface area (Å²) in [4.78, 5) is 0. The molecule has 0 fully saturated rings. The van der Waals surface area contributed by atoms with Crippen LogP contribution in [0.4, 0.5) is 0 Å². The van der Waals surface area contributed by atoms with Crippen LogP contribution in [0.5, 0.6) is 0 Å². The maximum Gasteiger partial charge on any atom is 3.00 e. The third-order valence-corrected chi connectivity index (χ3v) is 3.95. The minimum atomic E-state index is 0. The second-order valence-electron chi connectivity index (χ2n) is 4.55. The van der Waals surface area contributed by atoms with Crippen LogP contribution in [0, 0.1) is 6.08 Å². The summed E-state index contributed by atoms with van der Waals surface area (Å²) in [5.74, 6) is 0. The van der Waals surface area contributed by atoms with Gasteiger partial charge in [0.05, 0.1) is 0 Å². The zero-order valence-electron chi connectivity index (χ0n) is 15.0. The van der Waals surface area contributed by atoms with Crippen molar-refractivity contribution < 1.29 is 36.4 Å². The predicted octanol–water partition coefficient (Wildman–Crippen LogP) is 1.11. The first-order valence-electron chi connectivity index (χ1n) is 8.11. The third kappa shape index (κ3) is 17.6. The van der Waals surface area contributed by atoms with Crippen LogP contribution in [0.15, 0.2) is 78.9 Å². The van der Waals surface area contributed by atoms with Crippen molar-refractivity contribution in [1.82, 2.24) is 0 Å². The second kappa shape index (κ2) is 21.0. The minimum absolute atomic E-state index is 0. The molecule has 2 nitrogen and oxygen atoms in total. The Balaban J connectivity index is 0. The molecule has 1 aliphatic rings. The first-order valence-corrected chi connectivity index (χ1v) is 9.26. The van der Waals surface area contributed by atoms with E-state index in [-0.39, 0.29) is 48.9 Å². The maximum atomic E-state index is 8.93. The summed E-state index contributed by atoms with van der Waals surface area (Å²) in [6, 6.07) is 21.3. The smallest absolute Gasteiger partial charge is 0.855 e. The molecule has 0 spiro atoms. The van der Waals surface area contributed by atoms with Gasteiger partial charge in [0, 0.05) is 0 Å². The van der Waals surface area contributed by atoms with Crippen LogP contribution >= 0.6 is 0 Å². The topological polar surface area (TPSA) is 46.1 Å². The molecule has 2 aromatic rings. The monoisotopic (exact) mass is 428 g/mol. The van der Waals surface area contributed by atoms with Crippen LogP contribution in [0.1, 0.15) is 20.3 Å². The summed E-state index contributed by atoms with van der Waals surface area (Å²) in [5.41, 5.74) is 0. The van der Waals surface area contributed by atoms with E-state index in [2.05, 4.69) is 72.8 Å².